The van der Waals surface area contributed by atoms with Crippen molar-refractivity contribution in [2.24, 2.45) is 0 Å². The molecular weight excluding hydrogens is 313 g/mol. The lowest BCUT2D eigenvalue weighted by Crippen LogP contribution is -2.55. The molecule has 0 spiro atoms. The summed E-state index contributed by atoms with van der Waals surface area (Å²) in [5.41, 5.74) is 0.332. The van der Waals surface area contributed by atoms with E-state index in [-0.39, 0.29) is 30.8 Å². The van der Waals surface area contributed by atoms with Gasteiger partial charge in [-0.05, 0) is 18.1 Å². The highest BCUT2D eigenvalue weighted by atomic mass is 19.1. The van der Waals surface area contributed by atoms with E-state index in [0.717, 1.165) is 0 Å². The summed E-state index contributed by atoms with van der Waals surface area (Å²) in [6, 6.07) is 5.76. The van der Waals surface area contributed by atoms with Crippen LogP contribution in [0.4, 0.5) is 4.39 Å². The number of amides is 2. The van der Waals surface area contributed by atoms with Crippen LogP contribution in [0.25, 0.3) is 0 Å². The molecule has 2 atom stereocenters. The third kappa shape index (κ3) is 5.01. The van der Waals surface area contributed by atoms with Crippen molar-refractivity contribution in [2.75, 3.05) is 33.7 Å². The monoisotopic (exact) mass is 337 g/mol. The van der Waals surface area contributed by atoms with Gasteiger partial charge in [-0.2, -0.15) is 0 Å². The fraction of sp³-hybridized carbons (Fsp3) is 0.529. The first-order chi connectivity index (χ1) is 11.4. The third-order valence-corrected chi connectivity index (χ3v) is 4.18. The number of hydrogen-bond donors (Lipinski definition) is 2. The number of nitrogens with zero attached hydrogens (tertiary/aromatic N) is 2. The highest BCUT2D eigenvalue weighted by Crippen LogP contribution is 2.12. The second-order valence-electron chi connectivity index (χ2n) is 6.32. The molecule has 2 N–H and O–H groups in total. The zero-order valence-electron chi connectivity index (χ0n) is 14.0. The van der Waals surface area contributed by atoms with Crippen molar-refractivity contribution in [2.45, 2.75) is 25.0 Å². The first-order valence-electron chi connectivity index (χ1n) is 8.00. The molecule has 1 aromatic carbocycles. The molecule has 1 aromatic rings. The van der Waals surface area contributed by atoms with Gasteiger partial charge in [0.1, 0.15) is 5.82 Å². The Bertz CT molecular complexity index is 594. The molecular formula is C17H24FN3O3. The number of β-amino-alcohol motifs (C(OH)–C–C–N with tert-alkyl or cyclic N) is 1. The number of aliphatic hydroxyl groups is 1. The number of carbonyl (C=O) groups is 2. The van der Waals surface area contributed by atoms with Gasteiger partial charge < -0.3 is 15.3 Å². The molecule has 1 heterocycles. The van der Waals surface area contributed by atoms with Gasteiger partial charge in [-0.25, -0.2) is 4.39 Å². The average molecular weight is 337 g/mol. The van der Waals surface area contributed by atoms with Crippen LogP contribution >= 0.6 is 0 Å². The zero-order valence-corrected chi connectivity index (χ0v) is 14.0. The number of aliphatic hydroxyl groups excluding tert-OH is 1. The van der Waals surface area contributed by atoms with Crippen LogP contribution in [0.1, 0.15) is 12.0 Å². The summed E-state index contributed by atoms with van der Waals surface area (Å²) in [5.74, 6) is -0.753. The van der Waals surface area contributed by atoms with Gasteiger partial charge in [-0.15, -0.1) is 0 Å². The molecule has 132 valence electrons. The minimum absolute atomic E-state index is 0.0239. The Balaban J connectivity index is 1.83. The van der Waals surface area contributed by atoms with Crippen molar-refractivity contribution < 1.29 is 19.1 Å². The van der Waals surface area contributed by atoms with Crippen LogP contribution in [0.15, 0.2) is 24.3 Å². The number of likely N-dealkylation sites (N-methyl/N-ethyl adjacent to an activating group) is 1. The summed E-state index contributed by atoms with van der Waals surface area (Å²) in [7, 11) is 3.38. The number of benzene rings is 1. The van der Waals surface area contributed by atoms with Gasteiger partial charge in [0.15, 0.2) is 0 Å². The highest BCUT2D eigenvalue weighted by Gasteiger charge is 2.29. The summed E-state index contributed by atoms with van der Waals surface area (Å²) in [6.07, 6.45) is -0.262. The summed E-state index contributed by atoms with van der Waals surface area (Å²) in [6.45, 7) is 1.19. The molecule has 24 heavy (non-hydrogen) atoms. The molecule has 6 nitrogen and oxygen atoms in total. The minimum Gasteiger partial charge on any atom is -0.390 e. The molecule has 0 aromatic heterocycles. The van der Waals surface area contributed by atoms with E-state index in [0.29, 0.717) is 25.1 Å². The van der Waals surface area contributed by atoms with Gasteiger partial charge in [0.25, 0.3) is 0 Å². The molecule has 0 unspecified atom stereocenters. The molecule has 7 heteroatoms. The van der Waals surface area contributed by atoms with Crippen LogP contribution in [-0.2, 0) is 16.0 Å². The quantitative estimate of drug-likeness (QED) is 0.794. The Hall–Kier alpha value is -1.99. The van der Waals surface area contributed by atoms with E-state index in [1.165, 1.54) is 11.0 Å². The number of halogens is 1. The third-order valence-electron chi connectivity index (χ3n) is 4.18. The number of rotatable bonds is 5. The van der Waals surface area contributed by atoms with E-state index >= 15 is 0 Å². The van der Waals surface area contributed by atoms with E-state index in [1.807, 2.05) is 4.90 Å². The maximum atomic E-state index is 13.6. The van der Waals surface area contributed by atoms with Crippen molar-refractivity contribution in [1.29, 1.82) is 0 Å². The largest absolute Gasteiger partial charge is 0.390 e. The lowest BCUT2D eigenvalue weighted by Gasteiger charge is -2.36. The Morgan fingerprint density at radius 1 is 1.38 bits per heavy atom. The maximum Gasteiger partial charge on any atom is 0.236 e. The predicted octanol–water partition coefficient (Wildman–Crippen LogP) is 0.00780. The molecule has 2 amide bonds. The maximum absolute atomic E-state index is 13.6. The summed E-state index contributed by atoms with van der Waals surface area (Å²) >= 11 is 0. The molecule has 0 saturated carbocycles. The molecule has 0 aliphatic carbocycles. The van der Waals surface area contributed by atoms with E-state index in [2.05, 4.69) is 5.32 Å². The summed E-state index contributed by atoms with van der Waals surface area (Å²) < 4.78 is 13.6. The molecule has 1 fully saturated rings. The Kier molecular flexibility index (Phi) is 6.28. The summed E-state index contributed by atoms with van der Waals surface area (Å²) in [5, 5.41) is 13.0. The average Bonchev–Trinajstić information content (AvgIpc) is 2.52. The second-order valence-corrected chi connectivity index (χ2v) is 6.32. The number of likely N-dealkylation sites (tertiary alicyclic amines) is 1. The van der Waals surface area contributed by atoms with Crippen LogP contribution in [0.5, 0.6) is 0 Å². The molecule has 0 radical (unpaired) electrons. The number of hydrogen-bond acceptors (Lipinski definition) is 4. The number of carbonyl (C=O) groups excluding carboxylic acids is 2. The van der Waals surface area contributed by atoms with Crippen LogP contribution in [0.2, 0.25) is 0 Å². The number of piperidine rings is 1. The van der Waals surface area contributed by atoms with Crippen molar-refractivity contribution in [3.05, 3.63) is 35.6 Å². The zero-order chi connectivity index (χ0) is 17.7. The smallest absolute Gasteiger partial charge is 0.236 e. The molecule has 1 saturated heterocycles. The lowest BCUT2D eigenvalue weighted by atomic mass is 10.0. The molecule has 1 aliphatic rings. The van der Waals surface area contributed by atoms with E-state index < -0.39 is 11.9 Å². The van der Waals surface area contributed by atoms with Crippen LogP contribution in [-0.4, -0.2) is 72.6 Å². The fourth-order valence-electron chi connectivity index (χ4n) is 2.71. The summed E-state index contributed by atoms with van der Waals surface area (Å²) in [4.78, 5) is 27.1. The fourth-order valence-corrected chi connectivity index (χ4v) is 2.71. The molecule has 2 rings (SSSR count). The van der Waals surface area contributed by atoms with Gasteiger partial charge in [-0.1, -0.05) is 18.2 Å². The van der Waals surface area contributed by atoms with Crippen molar-refractivity contribution in [1.82, 2.24) is 15.1 Å². The molecule has 1 aliphatic heterocycles. The van der Waals surface area contributed by atoms with Crippen LogP contribution in [0, 0.1) is 5.82 Å². The van der Waals surface area contributed by atoms with Gasteiger partial charge in [0.2, 0.25) is 11.8 Å². The van der Waals surface area contributed by atoms with E-state index in [4.69, 9.17) is 0 Å². The normalized spacial score (nSPS) is 21.3. The van der Waals surface area contributed by atoms with Crippen LogP contribution in [0.3, 0.4) is 0 Å². The second kappa shape index (κ2) is 8.21. The van der Waals surface area contributed by atoms with Crippen LogP contribution < -0.4 is 5.32 Å². The molecule has 0 bridgehead atoms. The Morgan fingerprint density at radius 2 is 2.08 bits per heavy atom. The van der Waals surface area contributed by atoms with E-state index in [1.54, 1.807) is 32.3 Å². The lowest BCUT2D eigenvalue weighted by molar-refractivity contribution is -0.131. The van der Waals surface area contributed by atoms with Gasteiger partial charge in [-0.3, -0.25) is 14.5 Å². The highest BCUT2D eigenvalue weighted by molar-refractivity contribution is 5.79. The van der Waals surface area contributed by atoms with Gasteiger partial charge in [0.05, 0.1) is 25.1 Å². The Labute approximate surface area is 141 Å². The SMILES string of the molecule is CN(C)C(=O)CN1CC[C@@H](NC(=O)Cc2ccccc2F)[C@H](O)C1. The first kappa shape index (κ1) is 18.4. The Morgan fingerprint density at radius 3 is 2.71 bits per heavy atom. The topological polar surface area (TPSA) is 72.9 Å². The van der Waals surface area contributed by atoms with E-state index in [9.17, 15) is 19.1 Å². The van der Waals surface area contributed by atoms with Crippen molar-refractivity contribution in [3.63, 3.8) is 0 Å². The standard InChI is InChI=1S/C17H24FN3O3/c1-20(2)17(24)11-21-8-7-14(15(22)10-21)19-16(23)9-12-5-3-4-6-13(12)18/h3-6,14-15,22H,7-11H2,1-2H3,(H,19,23)/t14-,15-/m1/s1. The minimum atomic E-state index is -0.752. The number of nitrogens with one attached hydrogen (secondary N) is 1. The van der Waals surface area contributed by atoms with Crippen molar-refractivity contribution in [3.8, 4) is 0 Å². The van der Waals surface area contributed by atoms with Crippen molar-refractivity contribution >= 4 is 11.8 Å². The predicted molar refractivity (Wildman–Crippen MR) is 87.8 cm³/mol. The first-order valence-corrected chi connectivity index (χ1v) is 8.00. The van der Waals surface area contributed by atoms with Gasteiger partial charge >= 0.3 is 0 Å². The van der Waals surface area contributed by atoms with Gasteiger partial charge in [0, 0.05) is 27.2 Å².